The average Bonchev–Trinajstić information content (AvgIpc) is 2.33. The van der Waals surface area contributed by atoms with E-state index in [4.69, 9.17) is 4.74 Å². The van der Waals surface area contributed by atoms with Crippen LogP contribution in [-0.2, 0) is 14.6 Å². The molecule has 1 rings (SSSR count). The Bertz CT molecular complexity index is 304. The van der Waals surface area contributed by atoms with Gasteiger partial charge in [0.25, 0.3) is 0 Å². The van der Waals surface area contributed by atoms with Crippen LogP contribution in [0.3, 0.4) is 0 Å². The molecule has 0 saturated carbocycles. The van der Waals surface area contributed by atoms with Gasteiger partial charge in [0.1, 0.15) is 9.84 Å². The molecule has 1 aliphatic heterocycles. The molecule has 0 spiro atoms. The van der Waals surface area contributed by atoms with Crippen molar-refractivity contribution in [3.63, 3.8) is 0 Å². The molecule has 18 heavy (non-hydrogen) atoms. The van der Waals surface area contributed by atoms with Crippen LogP contribution >= 0.6 is 0 Å². The summed E-state index contributed by atoms with van der Waals surface area (Å²) in [6, 6.07) is 0.207. The molecule has 0 aromatic heterocycles. The van der Waals surface area contributed by atoms with Gasteiger partial charge in [-0.25, -0.2) is 8.42 Å². The maximum Gasteiger partial charge on any atom is 0.150 e. The number of rotatable bonds is 8. The fraction of sp³-hybridized carbons (Fsp3) is 1.00. The third kappa shape index (κ3) is 6.68. The summed E-state index contributed by atoms with van der Waals surface area (Å²) in [5.74, 6) is 0.515. The second-order valence-corrected chi connectivity index (χ2v) is 7.22. The Hall–Kier alpha value is -0.170. The minimum atomic E-state index is -2.80. The van der Waals surface area contributed by atoms with Gasteiger partial charge >= 0.3 is 0 Å². The van der Waals surface area contributed by atoms with Gasteiger partial charge in [0.15, 0.2) is 0 Å². The largest absolute Gasteiger partial charge is 0.389 e. The highest BCUT2D eigenvalue weighted by Gasteiger charge is 2.23. The van der Waals surface area contributed by atoms with E-state index in [1.54, 1.807) is 0 Å². The van der Waals surface area contributed by atoms with Crippen molar-refractivity contribution in [2.24, 2.45) is 0 Å². The highest BCUT2D eigenvalue weighted by atomic mass is 32.2. The van der Waals surface area contributed by atoms with Crippen LogP contribution in [0, 0.1) is 0 Å². The minimum absolute atomic E-state index is 0.207. The molecule has 0 aromatic carbocycles. The van der Waals surface area contributed by atoms with Gasteiger partial charge in [0.05, 0.1) is 24.2 Å². The summed E-state index contributed by atoms with van der Waals surface area (Å²) >= 11 is 0. The molecule has 1 unspecified atom stereocenters. The van der Waals surface area contributed by atoms with Gasteiger partial charge in [-0.3, -0.25) is 0 Å². The molecule has 6 heteroatoms. The summed E-state index contributed by atoms with van der Waals surface area (Å²) in [5, 5.41) is 12.9. The second kappa shape index (κ2) is 8.09. The lowest BCUT2D eigenvalue weighted by molar-refractivity contribution is 0.0344. The van der Waals surface area contributed by atoms with Crippen molar-refractivity contribution in [2.75, 3.05) is 31.3 Å². The van der Waals surface area contributed by atoms with Gasteiger partial charge in [-0.15, -0.1) is 0 Å². The molecule has 2 N–H and O–H groups in total. The first-order chi connectivity index (χ1) is 8.53. The van der Waals surface area contributed by atoms with E-state index in [2.05, 4.69) is 12.2 Å². The van der Waals surface area contributed by atoms with Crippen LogP contribution in [0.15, 0.2) is 0 Å². The van der Waals surface area contributed by atoms with E-state index in [9.17, 15) is 13.5 Å². The van der Waals surface area contributed by atoms with E-state index in [0.717, 1.165) is 12.8 Å². The fourth-order valence-corrected chi connectivity index (χ4v) is 3.41. The van der Waals surface area contributed by atoms with E-state index >= 15 is 0 Å². The molecule has 1 atom stereocenters. The molecule has 1 fully saturated rings. The zero-order valence-electron chi connectivity index (χ0n) is 11.1. The third-order valence-corrected chi connectivity index (χ3v) is 4.86. The lowest BCUT2D eigenvalue weighted by Gasteiger charge is -2.24. The van der Waals surface area contributed by atoms with Crippen LogP contribution in [0.4, 0.5) is 0 Å². The number of unbranched alkanes of at least 4 members (excludes halogenated alkanes) is 1. The SMILES string of the molecule is CCCCOCC(O)CNC1CCS(=O)(=O)CC1. The van der Waals surface area contributed by atoms with Crippen molar-refractivity contribution in [1.82, 2.24) is 5.32 Å². The molecule has 0 aliphatic carbocycles. The van der Waals surface area contributed by atoms with E-state index < -0.39 is 15.9 Å². The average molecular weight is 279 g/mol. The van der Waals surface area contributed by atoms with Crippen molar-refractivity contribution in [2.45, 2.75) is 44.8 Å². The van der Waals surface area contributed by atoms with Crippen molar-refractivity contribution < 1.29 is 18.3 Å². The molecule has 0 bridgehead atoms. The fourth-order valence-electron chi connectivity index (χ4n) is 1.92. The van der Waals surface area contributed by atoms with Crippen LogP contribution in [-0.4, -0.2) is 56.9 Å². The first-order valence-electron chi connectivity index (χ1n) is 6.73. The van der Waals surface area contributed by atoms with Gasteiger partial charge in [0.2, 0.25) is 0 Å². The quantitative estimate of drug-likeness (QED) is 0.626. The van der Waals surface area contributed by atoms with Crippen LogP contribution < -0.4 is 5.32 Å². The summed E-state index contributed by atoms with van der Waals surface area (Å²) in [7, 11) is -2.80. The number of aliphatic hydroxyl groups is 1. The molecule has 0 amide bonds. The Morgan fingerprint density at radius 1 is 1.39 bits per heavy atom. The normalized spacial score (nSPS) is 21.9. The van der Waals surface area contributed by atoms with Crippen LogP contribution in [0.1, 0.15) is 32.6 Å². The molecule has 0 radical (unpaired) electrons. The van der Waals surface area contributed by atoms with Gasteiger partial charge < -0.3 is 15.2 Å². The zero-order valence-corrected chi connectivity index (χ0v) is 11.9. The Morgan fingerprint density at radius 3 is 2.67 bits per heavy atom. The molecule has 1 aliphatic rings. The minimum Gasteiger partial charge on any atom is -0.389 e. The van der Waals surface area contributed by atoms with Crippen molar-refractivity contribution in [3.05, 3.63) is 0 Å². The van der Waals surface area contributed by atoms with E-state index in [1.807, 2.05) is 0 Å². The molecule has 5 nitrogen and oxygen atoms in total. The monoisotopic (exact) mass is 279 g/mol. The molecule has 108 valence electrons. The Balaban J connectivity index is 2.06. The molecule has 0 aromatic rings. The summed E-state index contributed by atoms with van der Waals surface area (Å²) in [5.41, 5.74) is 0. The second-order valence-electron chi connectivity index (χ2n) is 4.92. The number of aliphatic hydroxyl groups excluding tert-OH is 1. The summed E-state index contributed by atoms with van der Waals surface area (Å²) in [4.78, 5) is 0. The summed E-state index contributed by atoms with van der Waals surface area (Å²) in [6.45, 7) is 3.60. The van der Waals surface area contributed by atoms with Crippen LogP contribution in [0.5, 0.6) is 0 Å². The lowest BCUT2D eigenvalue weighted by atomic mass is 10.1. The van der Waals surface area contributed by atoms with Gasteiger partial charge in [0, 0.05) is 19.2 Å². The van der Waals surface area contributed by atoms with Crippen LogP contribution in [0.2, 0.25) is 0 Å². The summed E-state index contributed by atoms with van der Waals surface area (Å²) in [6.07, 6.45) is 2.88. The predicted octanol–water partition coefficient (Wildman–Crippen LogP) is 0.331. The Labute approximate surface area is 110 Å². The number of nitrogens with one attached hydrogen (secondary N) is 1. The standard InChI is InChI=1S/C12H25NO4S/c1-2-3-6-17-10-12(14)9-13-11-4-7-18(15,16)8-5-11/h11-14H,2-10H2,1H3. The predicted molar refractivity (Wildman–Crippen MR) is 71.4 cm³/mol. The Kier molecular flexibility index (Phi) is 7.14. The highest BCUT2D eigenvalue weighted by Crippen LogP contribution is 2.11. The maximum absolute atomic E-state index is 11.2. The smallest absolute Gasteiger partial charge is 0.150 e. The highest BCUT2D eigenvalue weighted by molar-refractivity contribution is 7.91. The number of sulfone groups is 1. The first kappa shape index (κ1) is 15.9. The topological polar surface area (TPSA) is 75.6 Å². The van der Waals surface area contributed by atoms with Gasteiger partial charge in [-0.05, 0) is 19.3 Å². The van der Waals surface area contributed by atoms with E-state index in [1.165, 1.54) is 0 Å². The summed E-state index contributed by atoms with van der Waals surface area (Å²) < 4.78 is 27.8. The zero-order chi connectivity index (χ0) is 13.4. The van der Waals surface area contributed by atoms with Crippen LogP contribution in [0.25, 0.3) is 0 Å². The Morgan fingerprint density at radius 2 is 2.06 bits per heavy atom. The number of hydrogen-bond acceptors (Lipinski definition) is 5. The van der Waals surface area contributed by atoms with Gasteiger partial charge in [-0.1, -0.05) is 13.3 Å². The first-order valence-corrected chi connectivity index (χ1v) is 8.55. The van der Waals surface area contributed by atoms with Crippen molar-refractivity contribution in [1.29, 1.82) is 0 Å². The number of ether oxygens (including phenoxy) is 1. The number of hydrogen-bond donors (Lipinski definition) is 2. The maximum atomic E-state index is 11.2. The molecular weight excluding hydrogens is 254 g/mol. The lowest BCUT2D eigenvalue weighted by Crippen LogP contribution is -2.42. The molecule has 1 heterocycles. The van der Waals surface area contributed by atoms with Crippen molar-refractivity contribution in [3.8, 4) is 0 Å². The molecular formula is C12H25NO4S. The molecule has 1 saturated heterocycles. The van der Waals surface area contributed by atoms with E-state index in [0.29, 0.717) is 32.6 Å². The van der Waals surface area contributed by atoms with Gasteiger partial charge in [-0.2, -0.15) is 0 Å². The van der Waals surface area contributed by atoms with Crippen molar-refractivity contribution >= 4 is 9.84 Å². The van der Waals surface area contributed by atoms with E-state index in [-0.39, 0.29) is 17.5 Å². The third-order valence-electron chi connectivity index (χ3n) is 3.15.